The van der Waals surface area contributed by atoms with Gasteiger partial charge in [-0.2, -0.15) is 0 Å². The Bertz CT molecular complexity index is 1840. The highest BCUT2D eigenvalue weighted by Gasteiger charge is 2.21. The summed E-state index contributed by atoms with van der Waals surface area (Å²) in [6.45, 7) is 0. The van der Waals surface area contributed by atoms with E-state index in [4.69, 9.17) is 10.5 Å². The minimum absolute atomic E-state index is 0.0193. The maximum atomic E-state index is 15.2. The number of nitrogens with zero attached hydrogens (tertiary/aromatic N) is 5. The number of sulfonamides is 1. The lowest BCUT2D eigenvalue weighted by Crippen LogP contribution is -2.33. The van der Waals surface area contributed by atoms with E-state index in [1.54, 1.807) is 36.7 Å². The Hall–Kier alpha value is -4.75. The second kappa shape index (κ2) is 11.6. The summed E-state index contributed by atoms with van der Waals surface area (Å²) < 4.78 is 49.8. The fourth-order valence-corrected chi connectivity index (χ4v) is 6.06. The minimum Gasteiger partial charge on any atom is -0.453 e. The number of benzene rings is 2. The van der Waals surface area contributed by atoms with Crippen LogP contribution >= 0.6 is 0 Å². The second-order valence-electron chi connectivity index (χ2n) is 9.93. The Morgan fingerprint density at radius 1 is 0.905 bits per heavy atom. The third-order valence-electron chi connectivity index (χ3n) is 6.97. The molecule has 0 bridgehead atoms. The minimum atomic E-state index is -4.08. The summed E-state index contributed by atoms with van der Waals surface area (Å²) in [5.74, 6) is -0.0776. The van der Waals surface area contributed by atoms with E-state index < -0.39 is 15.8 Å². The highest BCUT2D eigenvalue weighted by Crippen LogP contribution is 2.34. The molecule has 11 nitrogen and oxygen atoms in total. The number of anilines is 2. The number of pyridine rings is 1. The van der Waals surface area contributed by atoms with Crippen LogP contribution in [-0.4, -0.2) is 45.4 Å². The van der Waals surface area contributed by atoms with Crippen LogP contribution in [0.5, 0.6) is 11.5 Å². The van der Waals surface area contributed by atoms with Crippen LogP contribution in [0.15, 0.2) is 84.4 Å². The number of hydrogen-bond donors (Lipinski definition) is 3. The number of halogens is 1. The van der Waals surface area contributed by atoms with E-state index in [1.807, 2.05) is 0 Å². The molecular weight excluding hydrogens is 559 g/mol. The van der Waals surface area contributed by atoms with Gasteiger partial charge in [0.05, 0.1) is 22.5 Å². The molecule has 2 aromatic carbocycles. The van der Waals surface area contributed by atoms with Crippen molar-refractivity contribution >= 4 is 32.7 Å². The van der Waals surface area contributed by atoms with Crippen LogP contribution < -0.4 is 20.5 Å². The second-order valence-corrected chi connectivity index (χ2v) is 11.6. The number of rotatable bonds is 8. The van der Waals surface area contributed by atoms with Crippen molar-refractivity contribution < 1.29 is 17.5 Å². The summed E-state index contributed by atoms with van der Waals surface area (Å²) in [6.07, 6.45) is 11.4. The smallest absolute Gasteiger partial charge is 0.264 e. The number of nitrogens with one attached hydrogen (secondary N) is 2. The summed E-state index contributed by atoms with van der Waals surface area (Å²) in [5.41, 5.74) is 7.76. The van der Waals surface area contributed by atoms with Gasteiger partial charge in [0, 0.05) is 49.1 Å². The van der Waals surface area contributed by atoms with E-state index in [0.717, 1.165) is 31.7 Å². The molecule has 13 heteroatoms. The Balaban J connectivity index is 1.21. The molecule has 0 unspecified atom stereocenters. The van der Waals surface area contributed by atoms with Gasteiger partial charge in [-0.1, -0.05) is 6.07 Å². The van der Waals surface area contributed by atoms with Gasteiger partial charge in [-0.15, -0.1) is 0 Å². The molecule has 3 heterocycles. The van der Waals surface area contributed by atoms with Gasteiger partial charge in [0.15, 0.2) is 11.6 Å². The van der Waals surface area contributed by atoms with Crippen LogP contribution in [0.2, 0.25) is 0 Å². The first kappa shape index (κ1) is 27.4. The molecule has 6 rings (SSSR count). The molecule has 0 radical (unpaired) electrons. The normalized spacial score (nSPS) is 17.1. The highest BCUT2D eigenvalue weighted by atomic mass is 32.2. The SMILES string of the molecule is NC1CCC(Nc2nccc(-c3cnccc3Oc3ccc(NS(=O)(=O)c4cccc5nccnc45)cc3F)n2)CC1. The van der Waals surface area contributed by atoms with Crippen molar-refractivity contribution in [1.82, 2.24) is 24.9 Å². The molecule has 0 atom stereocenters. The van der Waals surface area contributed by atoms with Crippen molar-refractivity contribution in [2.24, 2.45) is 5.73 Å². The molecule has 0 aliphatic heterocycles. The maximum Gasteiger partial charge on any atom is 0.264 e. The van der Waals surface area contributed by atoms with Gasteiger partial charge in [-0.3, -0.25) is 19.7 Å². The first-order chi connectivity index (χ1) is 20.4. The lowest BCUT2D eigenvalue weighted by Gasteiger charge is -2.26. The number of hydrogen-bond acceptors (Lipinski definition) is 10. The summed E-state index contributed by atoms with van der Waals surface area (Å²) in [4.78, 5) is 21.4. The van der Waals surface area contributed by atoms with Crippen LogP contribution in [0.4, 0.5) is 16.0 Å². The maximum absolute atomic E-state index is 15.2. The van der Waals surface area contributed by atoms with Gasteiger partial charge >= 0.3 is 0 Å². The van der Waals surface area contributed by atoms with Crippen molar-refractivity contribution in [1.29, 1.82) is 0 Å². The zero-order valence-electron chi connectivity index (χ0n) is 22.3. The van der Waals surface area contributed by atoms with Gasteiger partial charge in [0.1, 0.15) is 16.2 Å². The van der Waals surface area contributed by atoms with E-state index in [9.17, 15) is 8.42 Å². The Labute approximate surface area is 241 Å². The topological polar surface area (TPSA) is 158 Å². The van der Waals surface area contributed by atoms with Crippen molar-refractivity contribution in [2.45, 2.75) is 42.7 Å². The Morgan fingerprint density at radius 3 is 2.57 bits per heavy atom. The zero-order chi connectivity index (χ0) is 29.1. The number of ether oxygens (including phenoxy) is 1. The quantitative estimate of drug-likeness (QED) is 0.228. The molecule has 1 fully saturated rings. The summed E-state index contributed by atoms with van der Waals surface area (Å²) >= 11 is 0. The molecule has 1 aliphatic rings. The fraction of sp³-hybridized carbons (Fsp3) is 0.207. The fourth-order valence-electron chi connectivity index (χ4n) is 4.85. The lowest BCUT2D eigenvalue weighted by molar-refractivity contribution is 0.410. The lowest BCUT2D eigenvalue weighted by atomic mass is 9.92. The summed E-state index contributed by atoms with van der Waals surface area (Å²) in [6, 6.07) is 12.2. The average molecular weight is 587 g/mol. The molecule has 4 N–H and O–H groups in total. The van der Waals surface area contributed by atoms with Crippen LogP contribution in [0, 0.1) is 5.82 Å². The van der Waals surface area contributed by atoms with Crippen LogP contribution in [0.25, 0.3) is 22.3 Å². The molecule has 1 saturated carbocycles. The van der Waals surface area contributed by atoms with Crippen molar-refractivity contribution in [3.63, 3.8) is 0 Å². The monoisotopic (exact) mass is 586 g/mol. The average Bonchev–Trinajstić information content (AvgIpc) is 2.99. The summed E-state index contributed by atoms with van der Waals surface area (Å²) in [5, 5.41) is 3.37. The van der Waals surface area contributed by atoms with E-state index >= 15 is 4.39 Å². The van der Waals surface area contributed by atoms with Gasteiger partial charge < -0.3 is 15.8 Å². The number of para-hydroxylation sites is 1. The van der Waals surface area contributed by atoms with E-state index in [-0.39, 0.29) is 33.9 Å². The number of fused-ring (bicyclic) bond motifs is 1. The third kappa shape index (κ3) is 5.97. The van der Waals surface area contributed by atoms with Crippen LogP contribution in [0.1, 0.15) is 25.7 Å². The first-order valence-electron chi connectivity index (χ1n) is 13.4. The molecular formula is C29H27FN8O3S. The van der Waals surface area contributed by atoms with Gasteiger partial charge in [-0.25, -0.2) is 22.8 Å². The molecule has 3 aromatic heterocycles. The van der Waals surface area contributed by atoms with Crippen molar-refractivity contribution in [3.8, 4) is 22.8 Å². The standard InChI is InChI=1S/C29H27FN8O3S/c30-22-16-20(38-42(39,40)27-3-1-2-24-28(27)34-15-14-33-24)8-9-26(22)41-25-11-12-32-17-21(25)23-10-13-35-29(37-23)36-19-6-4-18(31)5-7-19/h1-3,8-19,38H,4-7,31H2,(H,35,36,37). The molecule has 0 amide bonds. The third-order valence-corrected chi connectivity index (χ3v) is 8.39. The van der Waals surface area contributed by atoms with Crippen LogP contribution in [0.3, 0.4) is 0 Å². The number of nitrogens with two attached hydrogens (primary N) is 1. The van der Waals surface area contributed by atoms with Gasteiger partial charge in [-0.05, 0) is 62.1 Å². The summed E-state index contributed by atoms with van der Waals surface area (Å²) in [7, 11) is -4.08. The molecule has 5 aromatic rings. The van der Waals surface area contributed by atoms with E-state index in [1.165, 1.54) is 36.8 Å². The van der Waals surface area contributed by atoms with E-state index in [2.05, 4.69) is 35.0 Å². The van der Waals surface area contributed by atoms with Crippen molar-refractivity contribution in [2.75, 3.05) is 10.0 Å². The zero-order valence-corrected chi connectivity index (χ0v) is 23.1. The Kier molecular flexibility index (Phi) is 7.59. The predicted molar refractivity (Wildman–Crippen MR) is 156 cm³/mol. The first-order valence-corrected chi connectivity index (χ1v) is 14.8. The molecule has 214 valence electrons. The highest BCUT2D eigenvalue weighted by molar-refractivity contribution is 7.93. The largest absolute Gasteiger partial charge is 0.453 e. The van der Waals surface area contributed by atoms with Crippen LogP contribution in [-0.2, 0) is 10.0 Å². The predicted octanol–water partition coefficient (Wildman–Crippen LogP) is 4.90. The molecule has 1 aliphatic carbocycles. The molecule has 0 spiro atoms. The molecule has 0 saturated heterocycles. The van der Waals surface area contributed by atoms with E-state index in [0.29, 0.717) is 28.5 Å². The van der Waals surface area contributed by atoms with Crippen molar-refractivity contribution in [3.05, 3.63) is 85.3 Å². The Morgan fingerprint density at radius 2 is 1.74 bits per heavy atom. The number of aromatic nitrogens is 5. The van der Waals surface area contributed by atoms with Gasteiger partial charge in [0.25, 0.3) is 10.0 Å². The molecule has 42 heavy (non-hydrogen) atoms. The van der Waals surface area contributed by atoms with Gasteiger partial charge in [0.2, 0.25) is 5.95 Å².